The molecule has 5 nitrogen and oxygen atoms in total. The van der Waals surface area contributed by atoms with Crippen LogP contribution in [0, 0.1) is 11.8 Å². The fourth-order valence-electron chi connectivity index (χ4n) is 3.20. The Bertz CT molecular complexity index is 344. The van der Waals surface area contributed by atoms with Crippen LogP contribution in [0.3, 0.4) is 0 Å². The predicted molar refractivity (Wildman–Crippen MR) is 69.7 cm³/mol. The van der Waals surface area contributed by atoms with Gasteiger partial charge in [0.25, 0.3) is 0 Å². The van der Waals surface area contributed by atoms with Gasteiger partial charge in [0.05, 0.1) is 17.9 Å². The van der Waals surface area contributed by atoms with Crippen molar-refractivity contribution in [2.45, 2.75) is 57.6 Å². The van der Waals surface area contributed by atoms with Crippen LogP contribution in [0.25, 0.3) is 0 Å². The van der Waals surface area contributed by atoms with E-state index in [9.17, 15) is 9.59 Å². The van der Waals surface area contributed by atoms with E-state index in [1.54, 1.807) is 0 Å². The van der Waals surface area contributed by atoms with Gasteiger partial charge in [0.1, 0.15) is 0 Å². The molecule has 2 rings (SSSR count). The molecule has 1 aliphatic heterocycles. The third kappa shape index (κ3) is 3.47. The number of hydrogen-bond donors (Lipinski definition) is 2. The summed E-state index contributed by atoms with van der Waals surface area (Å²) in [6.07, 6.45) is 4.70. The molecule has 0 bridgehead atoms. The van der Waals surface area contributed by atoms with E-state index >= 15 is 0 Å². The van der Waals surface area contributed by atoms with Crippen molar-refractivity contribution < 1.29 is 19.4 Å². The second-order valence-electron chi connectivity index (χ2n) is 5.62. The van der Waals surface area contributed by atoms with Gasteiger partial charge < -0.3 is 15.2 Å². The molecule has 4 atom stereocenters. The highest BCUT2D eigenvalue weighted by Crippen LogP contribution is 2.27. The van der Waals surface area contributed by atoms with Crippen molar-refractivity contribution in [3.05, 3.63) is 0 Å². The molecule has 0 aromatic heterocycles. The van der Waals surface area contributed by atoms with Gasteiger partial charge in [-0.1, -0.05) is 13.3 Å². The normalized spacial score (nSPS) is 35.0. The summed E-state index contributed by atoms with van der Waals surface area (Å²) in [6.45, 7) is 2.68. The van der Waals surface area contributed by atoms with Crippen molar-refractivity contribution in [1.29, 1.82) is 0 Å². The Kier molecular flexibility index (Phi) is 4.80. The minimum atomic E-state index is -0.741. The largest absolute Gasteiger partial charge is 0.481 e. The van der Waals surface area contributed by atoms with Crippen molar-refractivity contribution in [2.24, 2.45) is 11.8 Å². The van der Waals surface area contributed by atoms with Crippen LogP contribution in [-0.4, -0.2) is 35.7 Å². The van der Waals surface area contributed by atoms with E-state index in [2.05, 4.69) is 5.32 Å². The van der Waals surface area contributed by atoms with Gasteiger partial charge in [0.2, 0.25) is 5.91 Å². The number of ether oxygens (including phenoxy) is 1. The van der Waals surface area contributed by atoms with Gasteiger partial charge in [-0.25, -0.2) is 0 Å². The molecule has 0 aromatic rings. The SMILES string of the molecule is CCC1OCCC1C(=O)NC1CCCC(C(=O)O)C1. The number of amides is 1. The number of hydrogen-bond acceptors (Lipinski definition) is 3. The minimum Gasteiger partial charge on any atom is -0.481 e. The third-order valence-electron chi connectivity index (χ3n) is 4.32. The van der Waals surface area contributed by atoms with Crippen LogP contribution >= 0.6 is 0 Å². The van der Waals surface area contributed by atoms with Gasteiger partial charge in [-0.05, 0) is 32.1 Å². The van der Waals surface area contributed by atoms with Crippen LogP contribution in [0.4, 0.5) is 0 Å². The van der Waals surface area contributed by atoms with Crippen molar-refractivity contribution in [2.75, 3.05) is 6.61 Å². The predicted octanol–water partition coefficient (Wildman–Crippen LogP) is 1.56. The minimum absolute atomic E-state index is 0.0143. The summed E-state index contributed by atoms with van der Waals surface area (Å²) in [5.41, 5.74) is 0. The molecule has 2 aliphatic rings. The molecule has 19 heavy (non-hydrogen) atoms. The lowest BCUT2D eigenvalue weighted by Gasteiger charge is -2.29. The van der Waals surface area contributed by atoms with Gasteiger partial charge in [-0.15, -0.1) is 0 Å². The molecule has 2 N–H and O–H groups in total. The highest BCUT2D eigenvalue weighted by Gasteiger charge is 2.35. The first kappa shape index (κ1) is 14.3. The van der Waals surface area contributed by atoms with Gasteiger partial charge in [-0.2, -0.15) is 0 Å². The van der Waals surface area contributed by atoms with Crippen LogP contribution in [0.15, 0.2) is 0 Å². The fraction of sp³-hybridized carbons (Fsp3) is 0.857. The monoisotopic (exact) mass is 269 g/mol. The van der Waals surface area contributed by atoms with Crippen LogP contribution in [0.1, 0.15) is 45.4 Å². The Hall–Kier alpha value is -1.10. The molecule has 2 fully saturated rings. The molecule has 1 saturated heterocycles. The first-order chi connectivity index (χ1) is 9.11. The summed E-state index contributed by atoms with van der Waals surface area (Å²) in [6, 6.07) is 0.0143. The maximum atomic E-state index is 12.2. The number of carbonyl (C=O) groups is 2. The van der Waals surface area contributed by atoms with Crippen molar-refractivity contribution in [3.8, 4) is 0 Å². The zero-order valence-corrected chi connectivity index (χ0v) is 11.4. The second kappa shape index (κ2) is 6.37. The lowest BCUT2D eigenvalue weighted by atomic mass is 9.85. The number of carbonyl (C=O) groups excluding carboxylic acids is 1. The molecule has 4 unspecified atom stereocenters. The fourth-order valence-corrected chi connectivity index (χ4v) is 3.20. The average molecular weight is 269 g/mol. The molecule has 1 heterocycles. The van der Waals surface area contributed by atoms with E-state index in [0.717, 1.165) is 32.1 Å². The molecule has 1 saturated carbocycles. The van der Waals surface area contributed by atoms with E-state index in [-0.39, 0.29) is 29.9 Å². The lowest BCUT2D eigenvalue weighted by molar-refractivity contribution is -0.143. The molecule has 5 heteroatoms. The standard InChI is InChI=1S/C14H23NO4/c1-2-12-11(6-7-19-12)13(16)15-10-5-3-4-9(8-10)14(17)18/h9-12H,2-8H2,1H3,(H,15,16)(H,17,18). The van der Waals surface area contributed by atoms with Crippen LogP contribution < -0.4 is 5.32 Å². The summed E-state index contributed by atoms with van der Waals surface area (Å²) >= 11 is 0. The van der Waals surface area contributed by atoms with E-state index in [4.69, 9.17) is 9.84 Å². The van der Waals surface area contributed by atoms with Crippen LogP contribution in [-0.2, 0) is 14.3 Å². The molecule has 0 radical (unpaired) electrons. The zero-order valence-electron chi connectivity index (χ0n) is 11.4. The summed E-state index contributed by atoms with van der Waals surface area (Å²) in [4.78, 5) is 23.2. The number of aliphatic carboxylic acids is 1. The first-order valence-electron chi connectivity index (χ1n) is 7.26. The van der Waals surface area contributed by atoms with E-state index < -0.39 is 5.97 Å². The van der Waals surface area contributed by atoms with E-state index in [1.807, 2.05) is 6.92 Å². The zero-order chi connectivity index (χ0) is 13.8. The average Bonchev–Trinajstić information content (AvgIpc) is 2.87. The van der Waals surface area contributed by atoms with Gasteiger partial charge in [0, 0.05) is 12.6 Å². The Balaban J connectivity index is 1.86. The summed E-state index contributed by atoms with van der Waals surface area (Å²) in [5, 5.41) is 12.1. The Morgan fingerprint density at radius 3 is 2.79 bits per heavy atom. The lowest BCUT2D eigenvalue weighted by Crippen LogP contribution is -2.44. The maximum Gasteiger partial charge on any atom is 0.306 e. The number of carboxylic acids is 1. The molecule has 108 valence electrons. The van der Waals surface area contributed by atoms with E-state index in [1.165, 1.54) is 0 Å². The van der Waals surface area contributed by atoms with Gasteiger partial charge >= 0.3 is 5.97 Å². The topological polar surface area (TPSA) is 75.6 Å². The number of nitrogens with one attached hydrogen (secondary N) is 1. The number of carboxylic acid groups (broad SMARTS) is 1. The highest BCUT2D eigenvalue weighted by atomic mass is 16.5. The molecular formula is C14H23NO4. The highest BCUT2D eigenvalue weighted by molar-refractivity contribution is 5.80. The molecule has 1 aliphatic carbocycles. The second-order valence-corrected chi connectivity index (χ2v) is 5.62. The molecule has 1 amide bonds. The number of rotatable bonds is 4. The van der Waals surface area contributed by atoms with Crippen molar-refractivity contribution >= 4 is 11.9 Å². The third-order valence-corrected chi connectivity index (χ3v) is 4.32. The van der Waals surface area contributed by atoms with E-state index in [0.29, 0.717) is 13.0 Å². The van der Waals surface area contributed by atoms with Crippen molar-refractivity contribution in [3.63, 3.8) is 0 Å². The van der Waals surface area contributed by atoms with Crippen LogP contribution in [0.5, 0.6) is 0 Å². The van der Waals surface area contributed by atoms with Gasteiger partial charge in [-0.3, -0.25) is 9.59 Å². The smallest absolute Gasteiger partial charge is 0.306 e. The van der Waals surface area contributed by atoms with Crippen molar-refractivity contribution in [1.82, 2.24) is 5.32 Å². The Labute approximate surface area is 113 Å². The molecule has 0 spiro atoms. The summed E-state index contributed by atoms with van der Waals surface area (Å²) < 4.78 is 5.53. The Morgan fingerprint density at radius 1 is 1.32 bits per heavy atom. The molecular weight excluding hydrogens is 246 g/mol. The summed E-state index contributed by atoms with van der Waals surface area (Å²) in [7, 11) is 0. The quantitative estimate of drug-likeness (QED) is 0.812. The van der Waals surface area contributed by atoms with Crippen LogP contribution in [0.2, 0.25) is 0 Å². The maximum absolute atomic E-state index is 12.2. The Morgan fingerprint density at radius 2 is 2.11 bits per heavy atom. The van der Waals surface area contributed by atoms with Gasteiger partial charge in [0.15, 0.2) is 0 Å². The molecule has 0 aromatic carbocycles. The summed E-state index contributed by atoms with van der Waals surface area (Å²) in [5.74, 6) is -1.06. The first-order valence-corrected chi connectivity index (χ1v) is 7.26.